The first-order valence-corrected chi connectivity index (χ1v) is 8.37. The van der Waals surface area contributed by atoms with Crippen LogP contribution in [0.4, 0.5) is 11.5 Å². The number of anilines is 2. The van der Waals surface area contributed by atoms with Gasteiger partial charge in [-0.2, -0.15) is 0 Å². The fraction of sp³-hybridized carbons (Fsp3) is 0.368. The number of carbonyl (C=O) groups is 1. The molecular formula is C19H21N3O2. The van der Waals surface area contributed by atoms with Gasteiger partial charge < -0.3 is 14.9 Å². The summed E-state index contributed by atoms with van der Waals surface area (Å²) >= 11 is 0. The van der Waals surface area contributed by atoms with E-state index in [2.05, 4.69) is 11.1 Å². The number of fused-ring (bicyclic) bond motifs is 1. The highest BCUT2D eigenvalue weighted by molar-refractivity contribution is 6.10. The van der Waals surface area contributed by atoms with E-state index in [1.807, 2.05) is 41.0 Å². The Hall–Kier alpha value is -2.40. The van der Waals surface area contributed by atoms with Crippen LogP contribution >= 0.6 is 0 Å². The third kappa shape index (κ3) is 2.55. The zero-order valence-corrected chi connectivity index (χ0v) is 13.8. The Morgan fingerprint density at radius 1 is 1.21 bits per heavy atom. The minimum Gasteiger partial charge on any atom is -0.388 e. The number of hydrogen-bond donors (Lipinski definition) is 1. The van der Waals surface area contributed by atoms with E-state index in [0.717, 1.165) is 12.1 Å². The van der Waals surface area contributed by atoms with Gasteiger partial charge in [-0.05, 0) is 43.5 Å². The average molecular weight is 323 g/mol. The lowest BCUT2D eigenvalue weighted by molar-refractivity contribution is 0.0837. The number of pyridine rings is 1. The first-order chi connectivity index (χ1) is 11.6. The van der Waals surface area contributed by atoms with E-state index in [1.54, 1.807) is 12.3 Å². The van der Waals surface area contributed by atoms with Crippen molar-refractivity contribution in [2.24, 2.45) is 0 Å². The molecule has 0 bridgehead atoms. The predicted octanol–water partition coefficient (Wildman–Crippen LogP) is 2.25. The largest absolute Gasteiger partial charge is 0.388 e. The Bertz CT molecular complexity index is 788. The fourth-order valence-electron chi connectivity index (χ4n) is 3.64. The molecule has 2 aliphatic heterocycles. The number of β-amino-alcohol motifs (C(OH)–C–C–N with tert-alkyl or cyclic N) is 1. The van der Waals surface area contributed by atoms with Crippen molar-refractivity contribution < 1.29 is 9.90 Å². The Labute approximate surface area is 141 Å². The van der Waals surface area contributed by atoms with Crippen molar-refractivity contribution in [3.8, 4) is 0 Å². The van der Waals surface area contributed by atoms with Gasteiger partial charge in [0.15, 0.2) is 0 Å². The summed E-state index contributed by atoms with van der Waals surface area (Å²) in [6.07, 6.45) is 3.27. The van der Waals surface area contributed by atoms with Gasteiger partial charge in [0.25, 0.3) is 5.91 Å². The molecule has 1 fully saturated rings. The van der Waals surface area contributed by atoms with Crippen molar-refractivity contribution in [1.29, 1.82) is 0 Å². The van der Waals surface area contributed by atoms with Gasteiger partial charge in [0.2, 0.25) is 0 Å². The van der Waals surface area contributed by atoms with Gasteiger partial charge in [-0.3, -0.25) is 4.79 Å². The number of benzene rings is 1. The van der Waals surface area contributed by atoms with E-state index in [9.17, 15) is 9.90 Å². The molecule has 1 atom stereocenters. The number of carbonyl (C=O) groups excluding carboxylic acids is 1. The quantitative estimate of drug-likeness (QED) is 0.921. The maximum absolute atomic E-state index is 13.1. The topological polar surface area (TPSA) is 56.7 Å². The van der Waals surface area contributed by atoms with Crippen molar-refractivity contribution in [3.63, 3.8) is 0 Å². The van der Waals surface area contributed by atoms with Gasteiger partial charge in [-0.25, -0.2) is 4.98 Å². The number of aromatic nitrogens is 1. The van der Waals surface area contributed by atoms with Gasteiger partial charge >= 0.3 is 0 Å². The van der Waals surface area contributed by atoms with Crippen LogP contribution in [-0.2, 0) is 6.42 Å². The lowest BCUT2D eigenvalue weighted by Crippen LogP contribution is -2.34. The molecule has 2 aliphatic rings. The summed E-state index contributed by atoms with van der Waals surface area (Å²) in [4.78, 5) is 21.4. The minimum atomic E-state index is -0.724. The Morgan fingerprint density at radius 3 is 2.83 bits per heavy atom. The van der Waals surface area contributed by atoms with E-state index >= 15 is 0 Å². The molecule has 4 rings (SSSR count). The Balaban J connectivity index is 1.67. The van der Waals surface area contributed by atoms with Crippen LogP contribution in [0.15, 0.2) is 42.6 Å². The lowest BCUT2D eigenvalue weighted by atomic mass is 10.1. The van der Waals surface area contributed by atoms with Crippen LogP contribution in [0.2, 0.25) is 0 Å². The summed E-state index contributed by atoms with van der Waals surface area (Å²) in [7, 11) is 0. The van der Waals surface area contributed by atoms with Crippen molar-refractivity contribution in [1.82, 2.24) is 4.98 Å². The standard InChI is InChI=1S/C19H21N3O2/c1-19(24)9-12-21(13-19)17-15(6-4-10-20-17)18(23)22-11-8-14-5-2-3-7-16(14)22/h2-7,10,24H,8-9,11-13H2,1H3. The SMILES string of the molecule is CC1(O)CCN(c2ncccc2C(=O)N2CCc3ccccc32)C1. The normalized spacial score (nSPS) is 22.8. The molecule has 124 valence electrons. The summed E-state index contributed by atoms with van der Waals surface area (Å²) in [5.41, 5.74) is 2.08. The molecule has 0 saturated carbocycles. The zero-order valence-electron chi connectivity index (χ0n) is 13.8. The molecule has 0 aliphatic carbocycles. The summed E-state index contributed by atoms with van der Waals surface area (Å²) in [5, 5.41) is 10.2. The Kier molecular flexibility index (Phi) is 3.53. The summed E-state index contributed by atoms with van der Waals surface area (Å²) in [5.74, 6) is 0.652. The molecule has 1 amide bonds. The van der Waals surface area contributed by atoms with Crippen LogP contribution < -0.4 is 9.80 Å². The lowest BCUT2D eigenvalue weighted by Gasteiger charge is -2.24. The first kappa shape index (κ1) is 15.1. The van der Waals surface area contributed by atoms with Crippen LogP contribution in [0, 0.1) is 0 Å². The van der Waals surface area contributed by atoms with Gasteiger partial charge in [0.05, 0.1) is 11.2 Å². The molecule has 5 heteroatoms. The molecule has 1 N–H and O–H groups in total. The van der Waals surface area contributed by atoms with Gasteiger partial charge in [0, 0.05) is 31.5 Å². The number of rotatable bonds is 2. The van der Waals surface area contributed by atoms with Crippen molar-refractivity contribution in [2.45, 2.75) is 25.4 Å². The van der Waals surface area contributed by atoms with Crippen LogP contribution in [0.3, 0.4) is 0 Å². The van der Waals surface area contributed by atoms with Crippen molar-refractivity contribution >= 4 is 17.4 Å². The van der Waals surface area contributed by atoms with E-state index in [1.165, 1.54) is 5.56 Å². The molecule has 1 aromatic heterocycles. The second kappa shape index (κ2) is 5.60. The van der Waals surface area contributed by atoms with Crippen LogP contribution in [0.5, 0.6) is 0 Å². The monoisotopic (exact) mass is 323 g/mol. The van der Waals surface area contributed by atoms with Crippen molar-refractivity contribution in [2.75, 3.05) is 29.4 Å². The summed E-state index contributed by atoms with van der Waals surface area (Å²) in [6.45, 7) is 3.74. The highest BCUT2D eigenvalue weighted by Crippen LogP contribution is 2.32. The van der Waals surface area contributed by atoms with Gasteiger partial charge in [-0.1, -0.05) is 18.2 Å². The fourth-order valence-corrected chi connectivity index (χ4v) is 3.64. The highest BCUT2D eigenvalue weighted by atomic mass is 16.3. The molecule has 1 aromatic carbocycles. The minimum absolute atomic E-state index is 0.0189. The molecule has 2 aromatic rings. The van der Waals surface area contributed by atoms with Crippen LogP contribution in [0.1, 0.15) is 29.3 Å². The van der Waals surface area contributed by atoms with E-state index in [-0.39, 0.29) is 5.91 Å². The second-order valence-electron chi connectivity index (χ2n) is 6.88. The third-order valence-electron chi connectivity index (χ3n) is 4.90. The van der Waals surface area contributed by atoms with Crippen LogP contribution in [-0.4, -0.2) is 41.2 Å². The molecule has 0 spiro atoms. The maximum atomic E-state index is 13.1. The number of hydrogen-bond acceptors (Lipinski definition) is 4. The molecule has 5 nitrogen and oxygen atoms in total. The predicted molar refractivity (Wildman–Crippen MR) is 93.5 cm³/mol. The molecule has 1 unspecified atom stereocenters. The van der Waals surface area contributed by atoms with Crippen molar-refractivity contribution in [3.05, 3.63) is 53.7 Å². The zero-order chi connectivity index (χ0) is 16.7. The smallest absolute Gasteiger partial charge is 0.262 e. The van der Waals surface area contributed by atoms with E-state index in [4.69, 9.17) is 0 Å². The molecule has 24 heavy (non-hydrogen) atoms. The van der Waals surface area contributed by atoms with E-state index in [0.29, 0.717) is 37.4 Å². The maximum Gasteiger partial charge on any atom is 0.262 e. The average Bonchev–Trinajstić information content (AvgIpc) is 3.17. The summed E-state index contributed by atoms with van der Waals surface area (Å²) < 4.78 is 0. The second-order valence-corrected chi connectivity index (χ2v) is 6.88. The van der Waals surface area contributed by atoms with E-state index < -0.39 is 5.60 Å². The van der Waals surface area contributed by atoms with Gasteiger partial charge in [0.1, 0.15) is 5.82 Å². The molecule has 3 heterocycles. The first-order valence-electron chi connectivity index (χ1n) is 8.37. The Morgan fingerprint density at radius 2 is 2.04 bits per heavy atom. The molecule has 1 saturated heterocycles. The highest BCUT2D eigenvalue weighted by Gasteiger charge is 2.35. The number of para-hydroxylation sites is 1. The number of nitrogens with zero attached hydrogens (tertiary/aromatic N) is 3. The van der Waals surface area contributed by atoms with Gasteiger partial charge in [-0.15, -0.1) is 0 Å². The third-order valence-corrected chi connectivity index (χ3v) is 4.90. The molecular weight excluding hydrogens is 302 g/mol. The molecule has 0 radical (unpaired) electrons. The summed E-state index contributed by atoms with van der Waals surface area (Å²) in [6, 6.07) is 11.7. The van der Waals surface area contributed by atoms with Crippen LogP contribution in [0.25, 0.3) is 0 Å². The number of aliphatic hydroxyl groups is 1. The number of amides is 1.